The van der Waals surface area contributed by atoms with Crippen molar-refractivity contribution < 1.29 is 14.9 Å². The lowest BCUT2D eigenvalue weighted by molar-refractivity contribution is 0.0334. The summed E-state index contributed by atoms with van der Waals surface area (Å²) in [6.45, 7) is 8.87. The number of piperazine rings is 1. The Morgan fingerprint density at radius 3 is 1.97 bits per heavy atom. The van der Waals surface area contributed by atoms with Gasteiger partial charge >= 0.3 is 0 Å². The summed E-state index contributed by atoms with van der Waals surface area (Å²) in [6, 6.07) is 11.4. The molecule has 1 saturated heterocycles. The van der Waals surface area contributed by atoms with Crippen molar-refractivity contribution in [3.63, 3.8) is 0 Å². The summed E-state index contributed by atoms with van der Waals surface area (Å²) in [7, 11) is 0. The molecule has 0 bridgehead atoms. The highest BCUT2D eigenvalue weighted by Crippen LogP contribution is 2.21. The van der Waals surface area contributed by atoms with E-state index < -0.39 is 12.2 Å². The highest BCUT2D eigenvalue weighted by molar-refractivity contribution is 6.31. The minimum Gasteiger partial charge on any atom is -0.491 e. The average molecular weight is 467 g/mol. The second-order valence-electron chi connectivity index (χ2n) is 8.42. The van der Waals surface area contributed by atoms with Crippen LogP contribution in [0, 0.1) is 13.8 Å². The molecule has 0 unspecified atom stereocenters. The molecule has 1 aliphatic heterocycles. The Morgan fingerprint density at radius 1 is 0.839 bits per heavy atom. The van der Waals surface area contributed by atoms with Crippen LogP contribution < -0.4 is 4.74 Å². The van der Waals surface area contributed by atoms with Crippen LogP contribution in [-0.4, -0.2) is 78.1 Å². The zero-order valence-electron chi connectivity index (χ0n) is 18.2. The van der Waals surface area contributed by atoms with Gasteiger partial charge in [-0.05, 0) is 61.2 Å². The molecule has 170 valence electrons. The van der Waals surface area contributed by atoms with Crippen LogP contribution in [0.25, 0.3) is 0 Å². The summed E-state index contributed by atoms with van der Waals surface area (Å²) in [5.74, 6) is 0.718. The molecule has 0 radical (unpaired) electrons. The van der Waals surface area contributed by atoms with Crippen molar-refractivity contribution in [2.24, 2.45) is 0 Å². The number of aryl methyl sites for hydroxylation is 2. The van der Waals surface area contributed by atoms with E-state index >= 15 is 0 Å². The molecule has 2 aromatic carbocycles. The van der Waals surface area contributed by atoms with Crippen molar-refractivity contribution in [1.82, 2.24) is 9.80 Å². The van der Waals surface area contributed by atoms with E-state index in [9.17, 15) is 10.2 Å². The van der Waals surface area contributed by atoms with Gasteiger partial charge in [-0.2, -0.15) is 0 Å². The van der Waals surface area contributed by atoms with E-state index in [1.165, 1.54) is 0 Å². The molecular weight excluding hydrogens is 435 g/mol. The van der Waals surface area contributed by atoms with Crippen molar-refractivity contribution in [3.05, 3.63) is 63.1 Å². The molecule has 0 spiro atoms. The number of ether oxygens (including phenoxy) is 1. The first-order valence-corrected chi connectivity index (χ1v) is 11.5. The van der Waals surface area contributed by atoms with E-state index in [4.69, 9.17) is 27.9 Å². The molecule has 5 nitrogen and oxygen atoms in total. The van der Waals surface area contributed by atoms with Crippen LogP contribution in [0.1, 0.15) is 16.7 Å². The number of halogens is 2. The predicted octanol–water partition coefficient (Wildman–Crippen LogP) is 3.57. The molecule has 31 heavy (non-hydrogen) atoms. The minimum absolute atomic E-state index is 0.251. The molecule has 1 aliphatic rings. The number of aliphatic hydroxyl groups excluding tert-OH is 2. The third kappa shape index (κ3) is 7.63. The highest BCUT2D eigenvalue weighted by Gasteiger charge is 2.21. The van der Waals surface area contributed by atoms with Gasteiger partial charge in [-0.25, -0.2) is 0 Å². The Morgan fingerprint density at radius 2 is 1.39 bits per heavy atom. The maximum Gasteiger partial charge on any atom is 0.119 e. The summed E-state index contributed by atoms with van der Waals surface area (Å²) in [6.07, 6.45) is -0.339. The first kappa shape index (κ1) is 24.3. The van der Waals surface area contributed by atoms with Gasteiger partial charge in [0.1, 0.15) is 18.5 Å². The van der Waals surface area contributed by atoms with Crippen LogP contribution in [0.2, 0.25) is 10.0 Å². The third-order valence-electron chi connectivity index (χ3n) is 5.67. The van der Waals surface area contributed by atoms with E-state index in [0.717, 1.165) is 53.6 Å². The number of hydrogen-bond acceptors (Lipinski definition) is 5. The van der Waals surface area contributed by atoms with Gasteiger partial charge in [0.15, 0.2) is 0 Å². The molecule has 7 heteroatoms. The molecule has 3 rings (SSSR count). The number of nitrogens with zero attached hydrogens (tertiary/aromatic N) is 2. The fraction of sp³-hybridized carbons (Fsp3) is 0.500. The zero-order valence-corrected chi connectivity index (χ0v) is 19.7. The summed E-state index contributed by atoms with van der Waals surface area (Å²) in [5.41, 5.74) is 3.10. The third-order valence-corrected chi connectivity index (χ3v) is 6.52. The highest BCUT2D eigenvalue weighted by atomic mass is 35.5. The van der Waals surface area contributed by atoms with Crippen molar-refractivity contribution >= 4 is 23.2 Å². The van der Waals surface area contributed by atoms with Gasteiger partial charge in [0.25, 0.3) is 0 Å². The van der Waals surface area contributed by atoms with Crippen LogP contribution in [0.15, 0.2) is 36.4 Å². The SMILES string of the molecule is Cc1cc(C[C@H](O)CN2CCN(C[C@@H](O)COc3ccc(Cl)c(C)c3)CC2)ccc1Cl. The maximum absolute atomic E-state index is 10.5. The van der Waals surface area contributed by atoms with Gasteiger partial charge in [0, 0.05) is 49.3 Å². The monoisotopic (exact) mass is 466 g/mol. The zero-order chi connectivity index (χ0) is 22.4. The molecule has 2 N–H and O–H groups in total. The van der Waals surface area contributed by atoms with Gasteiger partial charge in [0.05, 0.1) is 6.10 Å². The summed E-state index contributed by atoms with van der Waals surface area (Å²) in [4.78, 5) is 4.52. The van der Waals surface area contributed by atoms with Gasteiger partial charge in [-0.3, -0.25) is 9.80 Å². The number of aliphatic hydroxyl groups is 2. The first-order valence-electron chi connectivity index (χ1n) is 10.7. The Hall–Kier alpha value is -1.34. The lowest BCUT2D eigenvalue weighted by Crippen LogP contribution is -2.50. The maximum atomic E-state index is 10.5. The minimum atomic E-state index is -0.554. The van der Waals surface area contributed by atoms with Crippen molar-refractivity contribution in [3.8, 4) is 5.75 Å². The van der Waals surface area contributed by atoms with E-state index in [1.807, 2.05) is 44.2 Å². The second-order valence-corrected chi connectivity index (χ2v) is 9.23. The summed E-state index contributed by atoms with van der Waals surface area (Å²) >= 11 is 12.1. The number of benzene rings is 2. The Bertz CT molecular complexity index is 857. The molecule has 2 atom stereocenters. The van der Waals surface area contributed by atoms with Gasteiger partial charge in [-0.15, -0.1) is 0 Å². The molecule has 0 aromatic heterocycles. The van der Waals surface area contributed by atoms with E-state index in [-0.39, 0.29) is 6.61 Å². The van der Waals surface area contributed by atoms with E-state index in [1.54, 1.807) is 6.07 Å². The summed E-state index contributed by atoms with van der Waals surface area (Å²) in [5, 5.41) is 22.3. The fourth-order valence-electron chi connectivity index (χ4n) is 3.87. The first-order chi connectivity index (χ1) is 14.8. The van der Waals surface area contributed by atoms with Crippen molar-refractivity contribution in [2.75, 3.05) is 45.9 Å². The summed E-state index contributed by atoms with van der Waals surface area (Å²) < 4.78 is 5.70. The Labute approximate surface area is 195 Å². The molecule has 1 fully saturated rings. The smallest absolute Gasteiger partial charge is 0.119 e. The van der Waals surface area contributed by atoms with Gasteiger partial charge in [0.2, 0.25) is 0 Å². The molecule has 0 aliphatic carbocycles. The molecule has 0 amide bonds. The molecule has 2 aromatic rings. The fourth-order valence-corrected chi connectivity index (χ4v) is 4.11. The predicted molar refractivity (Wildman–Crippen MR) is 126 cm³/mol. The van der Waals surface area contributed by atoms with Crippen molar-refractivity contribution in [1.29, 1.82) is 0 Å². The van der Waals surface area contributed by atoms with E-state index in [0.29, 0.717) is 24.5 Å². The molecular formula is C24H32Cl2N2O3. The topological polar surface area (TPSA) is 56.2 Å². The lowest BCUT2D eigenvalue weighted by atomic mass is 10.0. The van der Waals surface area contributed by atoms with Crippen LogP contribution in [0.4, 0.5) is 0 Å². The molecule has 1 heterocycles. The second kappa shape index (κ2) is 11.5. The number of hydrogen-bond donors (Lipinski definition) is 2. The lowest BCUT2D eigenvalue weighted by Gasteiger charge is -2.36. The van der Waals surface area contributed by atoms with Gasteiger partial charge in [-0.1, -0.05) is 35.3 Å². The normalized spacial score (nSPS) is 17.5. The van der Waals surface area contributed by atoms with Crippen molar-refractivity contribution in [2.45, 2.75) is 32.5 Å². The number of rotatable bonds is 9. The van der Waals surface area contributed by atoms with Crippen LogP contribution >= 0.6 is 23.2 Å². The average Bonchev–Trinajstić information content (AvgIpc) is 2.73. The quantitative estimate of drug-likeness (QED) is 0.591. The Kier molecular flexibility index (Phi) is 9.02. The van der Waals surface area contributed by atoms with Gasteiger partial charge < -0.3 is 14.9 Å². The Balaban J connectivity index is 1.35. The standard InChI is InChI=1S/C24H32Cl2N2O3/c1-17-11-19(3-5-23(17)25)13-20(29)14-27-7-9-28(10-8-27)15-21(30)16-31-22-4-6-24(26)18(2)12-22/h3-6,11-12,20-21,29-30H,7-10,13-16H2,1-2H3/t20-,21+/m0/s1. The largest absolute Gasteiger partial charge is 0.491 e. The van der Waals surface area contributed by atoms with Crippen LogP contribution in [0.5, 0.6) is 5.75 Å². The number of β-amino-alcohol motifs (C(OH)–C–C–N with tert-alkyl or cyclic N) is 2. The van der Waals surface area contributed by atoms with Crippen LogP contribution in [0.3, 0.4) is 0 Å². The van der Waals surface area contributed by atoms with E-state index in [2.05, 4.69) is 9.80 Å². The molecule has 0 saturated carbocycles. The van der Waals surface area contributed by atoms with Crippen LogP contribution in [-0.2, 0) is 6.42 Å².